The van der Waals surface area contributed by atoms with E-state index < -0.39 is 0 Å². The van der Waals surface area contributed by atoms with Gasteiger partial charge in [0.25, 0.3) is 0 Å². The van der Waals surface area contributed by atoms with Gasteiger partial charge in [-0.1, -0.05) is 212 Å². The van der Waals surface area contributed by atoms with Crippen LogP contribution in [0.4, 0.5) is 0 Å². The highest BCUT2D eigenvalue weighted by Gasteiger charge is 2.27. The van der Waals surface area contributed by atoms with Crippen molar-refractivity contribution in [3.05, 3.63) is 285 Å². The van der Waals surface area contributed by atoms with Crippen LogP contribution in [-0.4, -0.2) is 33.2 Å². The molecule has 390 valence electrons. The number of nitriles is 1. The summed E-state index contributed by atoms with van der Waals surface area (Å²) in [5.41, 5.74) is 17.0. The number of fused-ring (bicyclic) bond motifs is 14. The summed E-state index contributed by atoms with van der Waals surface area (Å²) in [6, 6.07) is 101. The molecular weight excluding hydrogens is 1020 g/mol. The molecule has 0 saturated heterocycles. The van der Waals surface area contributed by atoms with E-state index in [2.05, 4.69) is 243 Å². The first kappa shape index (κ1) is 47.2. The fourth-order valence-corrected chi connectivity index (χ4v) is 13.3. The van der Waals surface area contributed by atoms with Gasteiger partial charge in [0.15, 0.2) is 17.5 Å². The Balaban J connectivity index is 0.992. The summed E-state index contributed by atoms with van der Waals surface area (Å²) in [5, 5.41) is 20.9. The van der Waals surface area contributed by atoms with Gasteiger partial charge in [0, 0.05) is 76.7 Å². The van der Waals surface area contributed by atoms with Gasteiger partial charge in [-0.3, -0.25) is 0 Å². The number of rotatable bonds is 8. The second kappa shape index (κ2) is 18.7. The normalized spacial score (nSPS) is 11.8. The summed E-state index contributed by atoms with van der Waals surface area (Å²) >= 11 is 0. The van der Waals surface area contributed by atoms with Crippen LogP contribution in [0, 0.1) is 11.3 Å². The van der Waals surface area contributed by atoms with E-state index >= 15 is 0 Å². The number of hydrogen-bond acceptors (Lipinski definition) is 4. The molecule has 0 atom stereocenters. The maximum absolute atomic E-state index is 11.9. The van der Waals surface area contributed by atoms with Crippen LogP contribution in [0.15, 0.2) is 279 Å². The first-order valence-corrected chi connectivity index (χ1v) is 28.3. The van der Waals surface area contributed by atoms with E-state index in [4.69, 9.17) is 15.0 Å². The lowest BCUT2D eigenvalue weighted by Crippen LogP contribution is -2.05. The van der Waals surface area contributed by atoms with Crippen molar-refractivity contribution in [3.63, 3.8) is 0 Å². The van der Waals surface area contributed by atoms with Crippen molar-refractivity contribution in [1.29, 1.82) is 5.26 Å². The van der Waals surface area contributed by atoms with Gasteiger partial charge in [-0.2, -0.15) is 5.26 Å². The Morgan fingerprint density at radius 1 is 0.262 bits per heavy atom. The average molecular weight is 1070 g/mol. The van der Waals surface area contributed by atoms with Crippen LogP contribution in [0.1, 0.15) is 5.56 Å². The van der Waals surface area contributed by atoms with Crippen LogP contribution < -0.4 is 0 Å². The summed E-state index contributed by atoms with van der Waals surface area (Å²) in [6.07, 6.45) is 0. The third-order valence-electron chi connectivity index (χ3n) is 16.9. The highest BCUT2D eigenvalue weighted by atomic mass is 15.1. The highest BCUT2D eigenvalue weighted by Crippen LogP contribution is 2.47. The Kier molecular flexibility index (Phi) is 10.5. The van der Waals surface area contributed by atoms with Crippen molar-refractivity contribution in [2.75, 3.05) is 0 Å². The third-order valence-corrected chi connectivity index (χ3v) is 16.9. The number of benzene rings is 12. The Bertz CT molecular complexity index is 5490. The second-order valence-electron chi connectivity index (χ2n) is 21.4. The molecule has 0 aliphatic carbocycles. The van der Waals surface area contributed by atoms with E-state index in [0.717, 1.165) is 138 Å². The first-order valence-electron chi connectivity index (χ1n) is 28.3. The van der Waals surface area contributed by atoms with Gasteiger partial charge < -0.3 is 18.3 Å². The number of aromatic nitrogens is 7. The SMILES string of the molecule is N#Cc1c(-c2ccc(-c3nc(-c4ccccc4)nc(-c4ccccc4)n3)c(-n3c4ccccc4c4ccc5c6ccccc6n(-c6ccccc6)c5c43)c2)cccc1-n1c2ccccc2c2ccc3c4ccccc4n(-c4ccccc4)c3c21. The van der Waals surface area contributed by atoms with Gasteiger partial charge in [0.2, 0.25) is 0 Å². The van der Waals surface area contributed by atoms with Crippen molar-refractivity contribution in [1.82, 2.24) is 33.2 Å². The van der Waals surface area contributed by atoms with E-state index in [9.17, 15) is 5.26 Å². The predicted octanol–water partition coefficient (Wildman–Crippen LogP) is 18.8. The molecule has 8 nitrogen and oxygen atoms in total. The number of hydrogen-bond donors (Lipinski definition) is 0. The second-order valence-corrected chi connectivity index (χ2v) is 21.4. The zero-order chi connectivity index (χ0) is 55.4. The van der Waals surface area contributed by atoms with Crippen LogP contribution in [0.25, 0.3) is 155 Å². The molecule has 17 rings (SSSR count). The van der Waals surface area contributed by atoms with Crippen LogP contribution in [0.5, 0.6) is 0 Å². The molecule has 12 aromatic carbocycles. The molecule has 0 fully saturated rings. The molecule has 0 unspecified atom stereocenters. The Labute approximate surface area is 481 Å². The summed E-state index contributed by atoms with van der Waals surface area (Å²) in [7, 11) is 0. The predicted molar refractivity (Wildman–Crippen MR) is 344 cm³/mol. The topological polar surface area (TPSA) is 82.2 Å². The lowest BCUT2D eigenvalue weighted by molar-refractivity contribution is 1.06. The van der Waals surface area contributed by atoms with Crippen molar-refractivity contribution in [2.24, 2.45) is 0 Å². The van der Waals surface area contributed by atoms with E-state index in [1.165, 1.54) is 0 Å². The molecule has 5 heterocycles. The molecule has 0 aliphatic heterocycles. The maximum atomic E-state index is 11.9. The number of nitrogens with zero attached hydrogens (tertiary/aromatic N) is 8. The van der Waals surface area contributed by atoms with Crippen molar-refractivity contribution in [3.8, 4) is 74.1 Å². The molecule has 0 bridgehead atoms. The first-order chi connectivity index (χ1) is 41.7. The Hall–Kier alpha value is -11.7. The summed E-state index contributed by atoms with van der Waals surface area (Å²) < 4.78 is 9.54. The molecule has 0 N–H and O–H groups in total. The summed E-state index contributed by atoms with van der Waals surface area (Å²) in [4.78, 5) is 16.0. The lowest BCUT2D eigenvalue weighted by atomic mass is 9.96. The van der Waals surface area contributed by atoms with E-state index in [-0.39, 0.29) is 0 Å². The van der Waals surface area contributed by atoms with Gasteiger partial charge in [-0.25, -0.2) is 15.0 Å². The minimum Gasteiger partial charge on any atom is -0.307 e. The molecule has 17 aromatic rings. The van der Waals surface area contributed by atoms with Gasteiger partial charge in [0.1, 0.15) is 6.07 Å². The number of para-hydroxylation sites is 6. The van der Waals surface area contributed by atoms with Gasteiger partial charge in [-0.05, 0) is 72.3 Å². The lowest BCUT2D eigenvalue weighted by Gasteiger charge is -2.19. The van der Waals surface area contributed by atoms with Gasteiger partial charge >= 0.3 is 0 Å². The van der Waals surface area contributed by atoms with Crippen molar-refractivity contribution < 1.29 is 0 Å². The molecule has 0 aliphatic rings. The summed E-state index contributed by atoms with van der Waals surface area (Å²) in [5.74, 6) is 1.65. The minimum absolute atomic E-state index is 0.517. The van der Waals surface area contributed by atoms with Crippen LogP contribution in [0.3, 0.4) is 0 Å². The van der Waals surface area contributed by atoms with Crippen LogP contribution in [0.2, 0.25) is 0 Å². The monoisotopic (exact) mass is 1070 g/mol. The quantitative estimate of drug-likeness (QED) is 0.152. The zero-order valence-electron chi connectivity index (χ0n) is 45.1. The molecule has 8 heteroatoms. The molecule has 84 heavy (non-hydrogen) atoms. The highest BCUT2D eigenvalue weighted by molar-refractivity contribution is 6.25. The van der Waals surface area contributed by atoms with Crippen LogP contribution >= 0.6 is 0 Å². The fraction of sp³-hybridized carbons (Fsp3) is 0. The molecule has 5 aromatic heterocycles. The maximum Gasteiger partial charge on any atom is 0.166 e. The fourth-order valence-electron chi connectivity index (χ4n) is 13.3. The largest absolute Gasteiger partial charge is 0.307 e. The standard InChI is InChI=1S/C76H46N8/c77-47-63-53(34-21-39-68(63)83-66-37-19-15-32-56(66)60-44-42-58-54-30-13-17-35-64(54)81(70(58)72(60)83)51-26-9-3-10-27-51)50-40-41-62(76-79-74(48-22-5-1-6-23-48)78-75(80-76)49-24-7-2-8-25-49)69(46-50)84-67-38-20-16-33-57(67)61-45-43-59-55-31-14-18-36-65(55)82(71(59)73(61)84)52-28-11-4-12-29-52/h1-46H. The van der Waals surface area contributed by atoms with Gasteiger partial charge in [0.05, 0.1) is 61.1 Å². The van der Waals surface area contributed by atoms with E-state index in [1.54, 1.807) is 0 Å². The molecule has 0 spiro atoms. The molecule has 0 radical (unpaired) electrons. The Morgan fingerprint density at radius 3 is 1.07 bits per heavy atom. The molecule has 0 amide bonds. The minimum atomic E-state index is 0.517. The smallest absolute Gasteiger partial charge is 0.166 e. The summed E-state index contributed by atoms with van der Waals surface area (Å²) in [6.45, 7) is 0. The molecular formula is C76H46N8. The zero-order valence-corrected chi connectivity index (χ0v) is 45.1. The molecule has 0 saturated carbocycles. The van der Waals surface area contributed by atoms with Gasteiger partial charge in [-0.15, -0.1) is 0 Å². The average Bonchev–Trinajstić information content (AvgIpc) is 1.89. The van der Waals surface area contributed by atoms with Crippen molar-refractivity contribution in [2.45, 2.75) is 0 Å². The van der Waals surface area contributed by atoms with Crippen LogP contribution in [-0.2, 0) is 0 Å². The van der Waals surface area contributed by atoms with Crippen molar-refractivity contribution >= 4 is 87.2 Å². The van der Waals surface area contributed by atoms with E-state index in [0.29, 0.717) is 23.0 Å². The Morgan fingerprint density at radius 2 is 0.631 bits per heavy atom. The van der Waals surface area contributed by atoms with E-state index in [1.807, 2.05) is 60.7 Å². The third kappa shape index (κ3) is 7.03.